The highest BCUT2D eigenvalue weighted by molar-refractivity contribution is 5.78. The Labute approximate surface area is 320 Å². The van der Waals surface area contributed by atoms with Crippen LogP contribution in [0, 0.1) is 30.2 Å². The predicted octanol–water partition coefficient (Wildman–Crippen LogP) is 12.1. The average molecular weight is 797 g/mol. The second-order valence-electron chi connectivity index (χ2n) is 13.0. The van der Waals surface area contributed by atoms with Crippen molar-refractivity contribution >= 4 is 5.78 Å². The van der Waals surface area contributed by atoms with Gasteiger partial charge in [0.05, 0.1) is 19.8 Å². The zero-order valence-electron chi connectivity index (χ0n) is 31.1. The van der Waals surface area contributed by atoms with Crippen molar-refractivity contribution in [3.05, 3.63) is 113 Å². The Bertz CT molecular complexity index is 1850. The van der Waals surface area contributed by atoms with Gasteiger partial charge in [-0.05, 0) is 112 Å². The van der Waals surface area contributed by atoms with Crippen LogP contribution in [0.25, 0.3) is 0 Å². The summed E-state index contributed by atoms with van der Waals surface area (Å²) >= 11 is 0. The molecule has 0 saturated heterocycles. The van der Waals surface area contributed by atoms with Gasteiger partial charge in [0, 0.05) is 12.8 Å². The van der Waals surface area contributed by atoms with E-state index >= 15 is 0 Å². The number of Topliss-reactive ketones (excluding diaryl/α,β-unsaturated/α-hetero) is 1. The molecule has 4 rings (SSSR count). The summed E-state index contributed by atoms with van der Waals surface area (Å²) in [5.41, 5.74) is -2.55. The van der Waals surface area contributed by atoms with Crippen LogP contribution in [-0.2, 0) is 17.0 Å². The van der Waals surface area contributed by atoms with Gasteiger partial charge in [-0.15, -0.1) is 0 Å². The van der Waals surface area contributed by atoms with E-state index in [1.807, 2.05) is 0 Å². The number of carbonyl (C=O) groups excluding carboxylic acids is 1. The molecule has 0 aromatic heterocycles. The molecule has 0 radical (unpaired) electrons. The summed E-state index contributed by atoms with van der Waals surface area (Å²) in [4.78, 5) is 12.3. The highest BCUT2D eigenvalue weighted by atomic mass is 19.3. The zero-order valence-corrected chi connectivity index (χ0v) is 31.1. The quantitative estimate of drug-likeness (QED) is 0.0520. The molecule has 0 bridgehead atoms. The molecule has 6 nitrogen and oxygen atoms in total. The number of benzene rings is 4. The van der Waals surface area contributed by atoms with Gasteiger partial charge in [0.2, 0.25) is 5.82 Å². The van der Waals surface area contributed by atoms with E-state index in [1.165, 1.54) is 55.5 Å². The largest absolute Gasteiger partial charge is 0.494 e. The smallest absolute Gasteiger partial charge is 0.429 e. The van der Waals surface area contributed by atoms with Crippen LogP contribution in [-0.4, -0.2) is 25.6 Å². The van der Waals surface area contributed by atoms with Crippen LogP contribution in [0.15, 0.2) is 72.8 Å². The molecule has 0 unspecified atom stereocenters. The Balaban J connectivity index is 1.01. The minimum atomic E-state index is -4.14. The van der Waals surface area contributed by atoms with E-state index in [2.05, 4.69) is 9.47 Å². The van der Waals surface area contributed by atoms with Gasteiger partial charge in [-0.1, -0.05) is 31.7 Å². The van der Waals surface area contributed by atoms with Crippen molar-refractivity contribution in [1.29, 1.82) is 0 Å². The Morgan fingerprint density at radius 3 is 1.38 bits per heavy atom. The molecule has 0 atom stereocenters. The molecule has 0 heterocycles. The molecule has 56 heavy (non-hydrogen) atoms. The minimum Gasteiger partial charge on any atom is -0.494 e. The molecule has 0 aliphatic rings. The number of aryl methyl sites for hydroxylation is 1. The van der Waals surface area contributed by atoms with Gasteiger partial charge in [0.15, 0.2) is 23.2 Å². The van der Waals surface area contributed by atoms with Crippen LogP contribution < -0.4 is 23.7 Å². The molecule has 0 spiro atoms. The lowest BCUT2D eigenvalue weighted by molar-refractivity contribution is -0.188. The molecular weight excluding hydrogens is 752 g/mol. The Hall–Kier alpha value is -5.01. The van der Waals surface area contributed by atoms with Crippen LogP contribution in [0.5, 0.6) is 28.7 Å². The van der Waals surface area contributed by atoms with Gasteiger partial charge >= 0.3 is 12.2 Å². The van der Waals surface area contributed by atoms with Crippen molar-refractivity contribution in [2.45, 2.75) is 90.3 Å². The van der Waals surface area contributed by atoms with Gasteiger partial charge in [-0.3, -0.25) is 4.79 Å². The molecule has 0 amide bonds. The number of hydrogen-bond donors (Lipinski definition) is 0. The summed E-state index contributed by atoms with van der Waals surface area (Å²) in [6, 6.07) is 14.2. The number of ketones is 1. The average Bonchev–Trinajstić information content (AvgIpc) is 3.16. The fourth-order valence-electron chi connectivity index (χ4n) is 5.57. The fourth-order valence-corrected chi connectivity index (χ4v) is 5.57. The number of carbonyl (C=O) groups is 1. The third-order valence-corrected chi connectivity index (χ3v) is 8.63. The van der Waals surface area contributed by atoms with E-state index in [0.717, 1.165) is 69.6 Å². The highest BCUT2D eigenvalue weighted by Gasteiger charge is 2.40. The molecular formula is C42H44F8O6. The molecule has 0 aliphatic heterocycles. The highest BCUT2D eigenvalue weighted by Crippen LogP contribution is 2.37. The van der Waals surface area contributed by atoms with E-state index in [9.17, 15) is 39.9 Å². The molecule has 4 aromatic carbocycles. The monoisotopic (exact) mass is 796 g/mol. The second kappa shape index (κ2) is 20.8. The third kappa shape index (κ3) is 12.8. The lowest BCUT2D eigenvalue weighted by atomic mass is 10.0. The molecule has 0 saturated carbocycles. The van der Waals surface area contributed by atoms with E-state index in [-0.39, 0.29) is 29.5 Å². The van der Waals surface area contributed by atoms with Crippen molar-refractivity contribution in [3.8, 4) is 28.7 Å². The van der Waals surface area contributed by atoms with E-state index < -0.39 is 52.4 Å². The zero-order chi connectivity index (χ0) is 40.7. The third-order valence-electron chi connectivity index (χ3n) is 8.63. The van der Waals surface area contributed by atoms with Crippen molar-refractivity contribution in [1.82, 2.24) is 0 Å². The van der Waals surface area contributed by atoms with Gasteiger partial charge in [-0.25, -0.2) is 13.2 Å². The molecule has 4 aromatic rings. The summed E-state index contributed by atoms with van der Waals surface area (Å²) in [6.07, 6.45) is -0.897. The SMILES string of the molecule is CCOc1ccc(C(F)(F)Oc2ccc(OCCCCCCC(=O)CCCCCCOc3ccc(OC(F)(F)c4ccc(C)c(F)c4F)cc3)cc2)c(F)c1F. The van der Waals surface area contributed by atoms with Gasteiger partial charge in [0.1, 0.15) is 39.9 Å². The van der Waals surface area contributed by atoms with Crippen LogP contribution in [0.2, 0.25) is 0 Å². The lowest BCUT2D eigenvalue weighted by Crippen LogP contribution is -2.24. The topological polar surface area (TPSA) is 63.2 Å². The second-order valence-corrected chi connectivity index (χ2v) is 13.0. The molecule has 0 fully saturated rings. The predicted molar refractivity (Wildman–Crippen MR) is 193 cm³/mol. The summed E-state index contributed by atoms with van der Waals surface area (Å²) in [5.74, 6) is -6.22. The Morgan fingerprint density at radius 1 is 0.500 bits per heavy atom. The van der Waals surface area contributed by atoms with Gasteiger partial charge < -0.3 is 23.7 Å². The van der Waals surface area contributed by atoms with Gasteiger partial charge in [0.25, 0.3) is 0 Å². The van der Waals surface area contributed by atoms with Crippen molar-refractivity contribution < 1.29 is 63.6 Å². The lowest BCUT2D eigenvalue weighted by Gasteiger charge is -2.20. The number of rotatable bonds is 24. The normalized spacial score (nSPS) is 11.7. The summed E-state index contributed by atoms with van der Waals surface area (Å²) in [6.45, 7) is 3.62. The Kier molecular flexibility index (Phi) is 16.2. The molecule has 14 heteroatoms. The first-order valence-electron chi connectivity index (χ1n) is 18.4. The number of unbranched alkanes of at least 4 members (excludes halogenated alkanes) is 6. The molecule has 0 N–H and O–H groups in total. The van der Waals surface area contributed by atoms with E-state index in [1.54, 1.807) is 6.92 Å². The molecule has 304 valence electrons. The van der Waals surface area contributed by atoms with E-state index in [4.69, 9.17) is 14.2 Å². The number of hydrogen-bond acceptors (Lipinski definition) is 6. The first kappa shape index (κ1) is 43.7. The summed E-state index contributed by atoms with van der Waals surface area (Å²) in [5, 5.41) is 0. The maximum Gasteiger partial charge on any atom is 0.429 e. The van der Waals surface area contributed by atoms with Gasteiger partial charge in [-0.2, -0.15) is 22.0 Å². The minimum absolute atomic E-state index is 0.0377. The number of ether oxygens (including phenoxy) is 5. The van der Waals surface area contributed by atoms with Crippen LogP contribution in [0.1, 0.15) is 87.8 Å². The van der Waals surface area contributed by atoms with Crippen LogP contribution in [0.4, 0.5) is 35.1 Å². The van der Waals surface area contributed by atoms with Crippen LogP contribution in [0.3, 0.4) is 0 Å². The molecule has 0 aliphatic carbocycles. The fraction of sp³-hybridized carbons (Fsp3) is 0.405. The number of halogens is 8. The first-order valence-corrected chi connectivity index (χ1v) is 18.4. The number of alkyl halides is 4. The maximum absolute atomic E-state index is 14.6. The summed E-state index contributed by atoms with van der Waals surface area (Å²) < 4.78 is 140. The Morgan fingerprint density at radius 2 is 0.911 bits per heavy atom. The maximum atomic E-state index is 14.6. The first-order chi connectivity index (χ1) is 26.7. The van der Waals surface area contributed by atoms with Crippen molar-refractivity contribution in [3.63, 3.8) is 0 Å². The standard InChI is InChI=1S/C42H44F8O6/c1-3-52-36-25-24-35(39(45)40(36)46)42(49,50)56-33-21-17-31(18-22-33)54-27-11-7-5-9-13-29(51)12-8-4-6-10-26-53-30-15-19-32(20-16-30)55-41(47,48)34-23-14-28(2)37(43)38(34)44/h14-25H,3-13,26-27H2,1-2H3. The van der Waals surface area contributed by atoms with Crippen molar-refractivity contribution in [2.75, 3.05) is 19.8 Å². The van der Waals surface area contributed by atoms with Crippen LogP contribution >= 0.6 is 0 Å². The summed E-state index contributed by atoms with van der Waals surface area (Å²) in [7, 11) is 0. The van der Waals surface area contributed by atoms with Crippen molar-refractivity contribution in [2.24, 2.45) is 0 Å². The van der Waals surface area contributed by atoms with E-state index in [0.29, 0.717) is 43.6 Å².